The van der Waals surface area contributed by atoms with E-state index in [-0.39, 0.29) is 11.8 Å². The Hall–Kier alpha value is -2.82. The van der Waals surface area contributed by atoms with Crippen LogP contribution in [0.2, 0.25) is 0 Å². The number of rotatable bonds is 6. The minimum absolute atomic E-state index is 0.0297. The molecule has 0 aliphatic rings. The highest BCUT2D eigenvalue weighted by Crippen LogP contribution is 2.14. The third kappa shape index (κ3) is 5.82. The van der Waals surface area contributed by atoms with Crippen molar-refractivity contribution in [3.05, 3.63) is 54.1 Å². The van der Waals surface area contributed by atoms with Crippen molar-refractivity contribution in [1.82, 2.24) is 0 Å². The molecule has 0 fully saturated rings. The van der Waals surface area contributed by atoms with E-state index in [1.807, 2.05) is 55.5 Å². The molecule has 120 valence electrons. The van der Waals surface area contributed by atoms with E-state index >= 15 is 0 Å². The van der Waals surface area contributed by atoms with Gasteiger partial charge in [0.2, 0.25) is 11.8 Å². The summed E-state index contributed by atoms with van der Waals surface area (Å²) in [5.74, 6) is -0.128. The largest absolute Gasteiger partial charge is 0.385 e. The van der Waals surface area contributed by atoms with Crippen LogP contribution in [0.25, 0.3) is 0 Å². The van der Waals surface area contributed by atoms with Crippen LogP contribution in [-0.2, 0) is 9.59 Å². The molecular weight excluding hydrogens is 290 g/mol. The Morgan fingerprint density at radius 3 is 2.26 bits per heavy atom. The minimum Gasteiger partial charge on any atom is -0.385 e. The van der Waals surface area contributed by atoms with Crippen LogP contribution in [0.3, 0.4) is 0 Å². The maximum Gasteiger partial charge on any atom is 0.226 e. The van der Waals surface area contributed by atoms with Gasteiger partial charge in [-0.3, -0.25) is 9.59 Å². The number of carbonyl (C=O) groups is 2. The molecule has 0 radical (unpaired) electrons. The van der Waals surface area contributed by atoms with E-state index in [0.717, 1.165) is 22.6 Å². The predicted octanol–water partition coefficient (Wildman–Crippen LogP) is 3.39. The first-order valence-electron chi connectivity index (χ1n) is 7.51. The summed E-state index contributed by atoms with van der Waals surface area (Å²) in [6.45, 7) is 4.00. The standard InChI is InChI=1S/C18H21N3O2/c1-13-4-3-5-17(12-13)21-18(23)10-11-19-15-6-8-16(9-7-15)20-14(2)22/h3-9,12,19H,10-11H2,1-2H3,(H,20,22)(H,21,23). The fraction of sp³-hybridized carbons (Fsp3) is 0.222. The lowest BCUT2D eigenvalue weighted by molar-refractivity contribution is -0.116. The summed E-state index contributed by atoms with van der Waals surface area (Å²) >= 11 is 0. The predicted molar refractivity (Wildman–Crippen MR) is 93.7 cm³/mol. The van der Waals surface area contributed by atoms with Gasteiger partial charge in [-0.15, -0.1) is 0 Å². The maximum absolute atomic E-state index is 11.9. The number of benzene rings is 2. The monoisotopic (exact) mass is 311 g/mol. The summed E-state index contributed by atoms with van der Waals surface area (Å²) in [4.78, 5) is 22.8. The van der Waals surface area contributed by atoms with Gasteiger partial charge in [0, 0.05) is 37.0 Å². The number of carbonyl (C=O) groups excluding carboxylic acids is 2. The van der Waals surface area contributed by atoms with E-state index in [1.165, 1.54) is 6.92 Å². The van der Waals surface area contributed by atoms with Gasteiger partial charge in [0.1, 0.15) is 0 Å². The van der Waals surface area contributed by atoms with E-state index in [9.17, 15) is 9.59 Å². The van der Waals surface area contributed by atoms with Crippen molar-refractivity contribution >= 4 is 28.9 Å². The zero-order valence-corrected chi connectivity index (χ0v) is 13.3. The van der Waals surface area contributed by atoms with Gasteiger partial charge in [0.25, 0.3) is 0 Å². The van der Waals surface area contributed by atoms with Crippen molar-refractivity contribution in [1.29, 1.82) is 0 Å². The van der Waals surface area contributed by atoms with Crippen molar-refractivity contribution in [2.45, 2.75) is 20.3 Å². The van der Waals surface area contributed by atoms with Gasteiger partial charge in [-0.1, -0.05) is 12.1 Å². The average molecular weight is 311 g/mol. The molecule has 5 nitrogen and oxygen atoms in total. The molecule has 23 heavy (non-hydrogen) atoms. The van der Waals surface area contributed by atoms with Crippen LogP contribution in [-0.4, -0.2) is 18.4 Å². The lowest BCUT2D eigenvalue weighted by Gasteiger charge is -2.09. The second-order valence-corrected chi connectivity index (χ2v) is 5.35. The molecule has 0 heterocycles. The molecule has 2 aromatic carbocycles. The second kappa shape index (κ2) is 7.98. The molecular formula is C18H21N3O2. The van der Waals surface area contributed by atoms with Crippen LogP contribution < -0.4 is 16.0 Å². The molecule has 2 aromatic rings. The van der Waals surface area contributed by atoms with Gasteiger partial charge >= 0.3 is 0 Å². The molecule has 0 saturated carbocycles. The Morgan fingerprint density at radius 1 is 0.913 bits per heavy atom. The highest BCUT2D eigenvalue weighted by molar-refractivity contribution is 5.91. The first kappa shape index (κ1) is 16.5. The lowest BCUT2D eigenvalue weighted by Crippen LogP contribution is -2.16. The summed E-state index contributed by atoms with van der Waals surface area (Å²) in [7, 11) is 0. The first-order chi connectivity index (χ1) is 11.0. The van der Waals surface area contributed by atoms with E-state index in [0.29, 0.717) is 13.0 Å². The quantitative estimate of drug-likeness (QED) is 0.766. The third-order valence-electron chi connectivity index (χ3n) is 3.19. The van der Waals surface area contributed by atoms with E-state index in [1.54, 1.807) is 0 Å². The van der Waals surface area contributed by atoms with Crippen molar-refractivity contribution in [2.75, 3.05) is 22.5 Å². The summed E-state index contributed by atoms with van der Waals surface area (Å²) in [6.07, 6.45) is 0.376. The van der Waals surface area contributed by atoms with E-state index in [4.69, 9.17) is 0 Å². The van der Waals surface area contributed by atoms with Crippen molar-refractivity contribution in [3.63, 3.8) is 0 Å². The molecule has 5 heteroatoms. The minimum atomic E-state index is -0.0986. The Kier molecular flexibility index (Phi) is 5.74. The smallest absolute Gasteiger partial charge is 0.226 e. The summed E-state index contributed by atoms with van der Waals surface area (Å²) < 4.78 is 0. The van der Waals surface area contributed by atoms with Crippen molar-refractivity contribution < 1.29 is 9.59 Å². The SMILES string of the molecule is CC(=O)Nc1ccc(NCCC(=O)Nc2cccc(C)c2)cc1. The summed E-state index contributed by atoms with van der Waals surface area (Å²) in [5, 5.41) is 8.76. The molecule has 0 atom stereocenters. The molecule has 0 aromatic heterocycles. The number of hydrogen-bond acceptors (Lipinski definition) is 3. The number of amides is 2. The normalized spacial score (nSPS) is 10.0. The van der Waals surface area contributed by atoms with E-state index in [2.05, 4.69) is 16.0 Å². The molecule has 2 rings (SSSR count). The van der Waals surface area contributed by atoms with Gasteiger partial charge in [0.15, 0.2) is 0 Å². The van der Waals surface area contributed by atoms with Crippen LogP contribution in [0.4, 0.5) is 17.1 Å². The Labute approximate surface area is 136 Å². The molecule has 0 unspecified atom stereocenters. The Balaban J connectivity index is 1.76. The highest BCUT2D eigenvalue weighted by Gasteiger charge is 2.02. The zero-order valence-electron chi connectivity index (χ0n) is 13.3. The summed E-state index contributed by atoms with van der Waals surface area (Å²) in [5.41, 5.74) is 3.58. The molecule has 2 amide bonds. The fourth-order valence-electron chi connectivity index (χ4n) is 2.14. The lowest BCUT2D eigenvalue weighted by atomic mass is 10.2. The first-order valence-corrected chi connectivity index (χ1v) is 7.51. The van der Waals surface area contributed by atoms with Crippen molar-refractivity contribution in [3.8, 4) is 0 Å². The zero-order chi connectivity index (χ0) is 16.7. The van der Waals surface area contributed by atoms with Crippen LogP contribution in [0.5, 0.6) is 0 Å². The Morgan fingerprint density at radius 2 is 1.61 bits per heavy atom. The summed E-state index contributed by atoms with van der Waals surface area (Å²) in [6, 6.07) is 15.1. The second-order valence-electron chi connectivity index (χ2n) is 5.35. The van der Waals surface area contributed by atoms with Crippen LogP contribution in [0, 0.1) is 6.92 Å². The fourth-order valence-corrected chi connectivity index (χ4v) is 2.14. The molecule has 0 aliphatic carbocycles. The topological polar surface area (TPSA) is 70.2 Å². The average Bonchev–Trinajstić information content (AvgIpc) is 2.48. The van der Waals surface area contributed by atoms with Crippen LogP contribution >= 0.6 is 0 Å². The van der Waals surface area contributed by atoms with Gasteiger partial charge in [-0.2, -0.15) is 0 Å². The molecule has 0 saturated heterocycles. The molecule has 0 aliphatic heterocycles. The number of anilines is 3. The Bertz CT molecular complexity index is 681. The maximum atomic E-state index is 11.9. The number of aryl methyl sites for hydroxylation is 1. The van der Waals surface area contributed by atoms with Gasteiger partial charge in [0.05, 0.1) is 0 Å². The van der Waals surface area contributed by atoms with Gasteiger partial charge in [-0.25, -0.2) is 0 Å². The molecule has 0 spiro atoms. The van der Waals surface area contributed by atoms with Crippen LogP contribution in [0.15, 0.2) is 48.5 Å². The number of hydrogen-bond donors (Lipinski definition) is 3. The van der Waals surface area contributed by atoms with Gasteiger partial charge in [-0.05, 0) is 48.9 Å². The van der Waals surface area contributed by atoms with Crippen LogP contribution in [0.1, 0.15) is 18.9 Å². The highest BCUT2D eigenvalue weighted by atomic mass is 16.2. The van der Waals surface area contributed by atoms with Gasteiger partial charge < -0.3 is 16.0 Å². The van der Waals surface area contributed by atoms with E-state index < -0.39 is 0 Å². The molecule has 3 N–H and O–H groups in total. The number of nitrogens with one attached hydrogen (secondary N) is 3. The van der Waals surface area contributed by atoms with Crippen molar-refractivity contribution in [2.24, 2.45) is 0 Å². The molecule has 0 bridgehead atoms. The third-order valence-corrected chi connectivity index (χ3v) is 3.19.